The number of benzene rings is 6. The Labute approximate surface area is 288 Å². The fourth-order valence-electron chi connectivity index (χ4n) is 7.80. The van der Waals surface area contributed by atoms with E-state index in [1.54, 1.807) is 0 Å². The number of nitrogens with zero attached hydrogens (tertiary/aromatic N) is 5. The molecule has 2 aromatic heterocycles. The van der Waals surface area contributed by atoms with Crippen molar-refractivity contribution in [3.63, 3.8) is 0 Å². The lowest BCUT2D eigenvalue weighted by Crippen LogP contribution is -2.05. The molecule has 0 N–H and O–H groups in total. The van der Waals surface area contributed by atoms with E-state index in [1.165, 1.54) is 0 Å². The second kappa shape index (κ2) is 11.5. The average molecular weight is 638 g/mol. The molecule has 0 unspecified atom stereocenters. The molecule has 1 aliphatic carbocycles. The third-order valence-corrected chi connectivity index (χ3v) is 9.92. The first-order valence-corrected chi connectivity index (χ1v) is 16.6. The molecule has 0 amide bonds. The molecule has 5 heteroatoms. The molecule has 0 saturated carbocycles. The van der Waals surface area contributed by atoms with Gasteiger partial charge in [0, 0.05) is 44.1 Å². The summed E-state index contributed by atoms with van der Waals surface area (Å²) in [7, 11) is 0. The van der Waals surface area contributed by atoms with Crippen molar-refractivity contribution in [1.29, 1.82) is 15.8 Å². The lowest BCUT2D eigenvalue weighted by molar-refractivity contribution is 0.983. The zero-order valence-electron chi connectivity index (χ0n) is 26.9. The Bertz CT molecular complexity index is 2890. The van der Waals surface area contributed by atoms with Crippen LogP contribution in [0.2, 0.25) is 0 Å². The van der Waals surface area contributed by atoms with Crippen LogP contribution in [-0.2, 0) is 0 Å². The first-order chi connectivity index (χ1) is 24.7. The molecule has 0 fully saturated rings. The molecule has 0 aliphatic heterocycles. The number of nitriles is 3. The van der Waals surface area contributed by atoms with E-state index in [2.05, 4.69) is 106 Å². The fraction of sp³-hybridized carbons (Fsp3) is 0.0444. The zero-order chi connectivity index (χ0) is 33.8. The number of fused-ring (bicyclic) bond motifs is 6. The molecule has 1 aliphatic rings. The van der Waals surface area contributed by atoms with Gasteiger partial charge in [-0.3, -0.25) is 0 Å². The predicted octanol–water partition coefficient (Wildman–Crippen LogP) is 10.9. The van der Waals surface area contributed by atoms with Gasteiger partial charge in [0.1, 0.15) is 0 Å². The summed E-state index contributed by atoms with van der Waals surface area (Å²) in [6.45, 7) is 0. The topological polar surface area (TPSA) is 81.2 Å². The van der Waals surface area contributed by atoms with Gasteiger partial charge < -0.3 is 9.13 Å². The number of hydrogen-bond donors (Lipinski definition) is 0. The van der Waals surface area contributed by atoms with Crippen molar-refractivity contribution >= 4 is 54.9 Å². The van der Waals surface area contributed by atoms with Crippen LogP contribution in [0.1, 0.15) is 35.1 Å². The van der Waals surface area contributed by atoms with E-state index in [-0.39, 0.29) is 0 Å². The van der Waals surface area contributed by atoms with E-state index < -0.39 is 0 Å². The zero-order valence-corrected chi connectivity index (χ0v) is 26.9. The van der Waals surface area contributed by atoms with Crippen molar-refractivity contribution < 1.29 is 0 Å². The third-order valence-electron chi connectivity index (χ3n) is 9.92. The van der Waals surface area contributed by atoms with Crippen LogP contribution in [0.25, 0.3) is 71.7 Å². The van der Waals surface area contributed by atoms with Crippen LogP contribution in [0.3, 0.4) is 0 Å². The highest BCUT2D eigenvalue weighted by atomic mass is 15.0. The Balaban J connectivity index is 1.25. The Morgan fingerprint density at radius 3 is 2.00 bits per heavy atom. The summed E-state index contributed by atoms with van der Waals surface area (Å²) >= 11 is 0. The number of aromatic nitrogens is 2. The summed E-state index contributed by atoms with van der Waals surface area (Å²) in [6, 6.07) is 49.9. The molecule has 0 atom stereocenters. The summed E-state index contributed by atoms with van der Waals surface area (Å²) in [4.78, 5) is 0. The summed E-state index contributed by atoms with van der Waals surface area (Å²) < 4.78 is 4.54. The molecule has 50 heavy (non-hydrogen) atoms. The maximum Gasteiger partial charge on any atom is 0.0998 e. The van der Waals surface area contributed by atoms with E-state index in [4.69, 9.17) is 0 Å². The monoisotopic (exact) mass is 637 g/mol. The molecule has 5 nitrogen and oxygen atoms in total. The Morgan fingerprint density at radius 2 is 1.22 bits per heavy atom. The molecular formula is C45H27N5. The van der Waals surface area contributed by atoms with Crippen LogP contribution in [-0.4, -0.2) is 9.13 Å². The second-order valence-corrected chi connectivity index (χ2v) is 12.5. The van der Waals surface area contributed by atoms with E-state index in [1.807, 2.05) is 60.7 Å². The van der Waals surface area contributed by atoms with Crippen LogP contribution in [0, 0.1) is 34.0 Å². The smallest absolute Gasteiger partial charge is 0.0998 e. The lowest BCUT2D eigenvalue weighted by Gasteiger charge is -2.22. The maximum absolute atomic E-state index is 10.5. The number of rotatable bonds is 4. The van der Waals surface area contributed by atoms with Gasteiger partial charge in [-0.15, -0.1) is 0 Å². The summed E-state index contributed by atoms with van der Waals surface area (Å²) in [6.07, 6.45) is 6.05. The van der Waals surface area contributed by atoms with Gasteiger partial charge in [-0.1, -0.05) is 78.9 Å². The Hall–Kier alpha value is -7.13. The van der Waals surface area contributed by atoms with Gasteiger partial charge in [-0.2, -0.15) is 15.8 Å². The standard InChI is InChI=1S/C45H27N5/c46-26-29-19-24-42-38(25-29)35-11-1-4-15-39(35)50(42)41-17-6-2-12-36(41)44-31(27-47)9-7-14-34(44)30-20-22-33(23-21-30)49-40-16-5-3-13-37(40)45-32(28-48)10-8-18-43(45)49/h1-5,7-16,18-25H,6,17H2. The highest BCUT2D eigenvalue weighted by molar-refractivity contribution is 6.13. The third kappa shape index (κ3) is 4.30. The normalized spacial score (nSPS) is 12.8. The van der Waals surface area contributed by atoms with Crippen LogP contribution in [0.4, 0.5) is 0 Å². The van der Waals surface area contributed by atoms with Crippen molar-refractivity contribution in [1.82, 2.24) is 9.13 Å². The maximum atomic E-state index is 10.5. The first kappa shape index (κ1) is 29.0. The molecule has 8 aromatic rings. The van der Waals surface area contributed by atoms with Gasteiger partial charge in [0.2, 0.25) is 0 Å². The highest BCUT2D eigenvalue weighted by Gasteiger charge is 2.23. The SMILES string of the molecule is N#Cc1ccc2c(c1)c1ccccc1n2C1=C(c2c(C#N)cccc2-c2ccc(-n3c4ccccc4c4c(C#N)cccc43)cc2)C=CCC1. The molecule has 0 spiro atoms. The van der Waals surface area contributed by atoms with Crippen LogP contribution < -0.4 is 0 Å². The molecule has 9 rings (SSSR count). The molecule has 0 bridgehead atoms. The predicted molar refractivity (Wildman–Crippen MR) is 201 cm³/mol. The minimum atomic E-state index is 0.615. The van der Waals surface area contributed by atoms with E-state index in [0.717, 1.165) is 90.1 Å². The molecule has 232 valence electrons. The Morgan fingerprint density at radius 1 is 0.540 bits per heavy atom. The van der Waals surface area contributed by atoms with Gasteiger partial charge >= 0.3 is 0 Å². The van der Waals surface area contributed by atoms with Crippen LogP contribution >= 0.6 is 0 Å². The first-order valence-electron chi connectivity index (χ1n) is 16.6. The number of allylic oxidation sites excluding steroid dienone is 4. The van der Waals surface area contributed by atoms with Crippen LogP contribution in [0.15, 0.2) is 140 Å². The Kier molecular flexibility index (Phi) is 6.70. The van der Waals surface area contributed by atoms with Crippen molar-refractivity contribution in [3.8, 4) is 35.0 Å². The van der Waals surface area contributed by atoms with Gasteiger partial charge in [-0.25, -0.2) is 0 Å². The second-order valence-electron chi connectivity index (χ2n) is 12.5. The molecule has 2 heterocycles. The van der Waals surface area contributed by atoms with Crippen LogP contribution in [0.5, 0.6) is 0 Å². The minimum absolute atomic E-state index is 0.615. The van der Waals surface area contributed by atoms with E-state index >= 15 is 0 Å². The van der Waals surface area contributed by atoms with Gasteiger partial charge in [0.05, 0.1) is 57.0 Å². The van der Waals surface area contributed by atoms with E-state index in [9.17, 15) is 15.8 Å². The van der Waals surface area contributed by atoms with Gasteiger partial charge in [0.15, 0.2) is 0 Å². The van der Waals surface area contributed by atoms with Crippen molar-refractivity contribution in [2.24, 2.45) is 0 Å². The number of hydrogen-bond acceptors (Lipinski definition) is 3. The van der Waals surface area contributed by atoms with E-state index in [0.29, 0.717) is 16.7 Å². The molecule has 6 aromatic carbocycles. The summed E-state index contributed by atoms with van der Waals surface area (Å²) in [5.74, 6) is 0. The average Bonchev–Trinajstić information content (AvgIpc) is 3.70. The highest BCUT2D eigenvalue weighted by Crippen LogP contribution is 2.43. The summed E-state index contributed by atoms with van der Waals surface area (Å²) in [5, 5.41) is 34.2. The minimum Gasteiger partial charge on any atom is -0.312 e. The number of para-hydroxylation sites is 2. The van der Waals surface area contributed by atoms with Gasteiger partial charge in [0.25, 0.3) is 0 Å². The van der Waals surface area contributed by atoms with Crippen molar-refractivity contribution in [2.75, 3.05) is 0 Å². The van der Waals surface area contributed by atoms with Crippen molar-refractivity contribution in [2.45, 2.75) is 12.8 Å². The van der Waals surface area contributed by atoms with Gasteiger partial charge in [-0.05, 0) is 84.6 Å². The molecular weight excluding hydrogens is 611 g/mol. The lowest BCUT2D eigenvalue weighted by atomic mass is 9.87. The fourth-order valence-corrected chi connectivity index (χ4v) is 7.80. The quantitative estimate of drug-likeness (QED) is 0.192. The molecule has 0 radical (unpaired) electrons. The largest absolute Gasteiger partial charge is 0.312 e. The van der Waals surface area contributed by atoms with Crippen molar-refractivity contribution in [3.05, 3.63) is 162 Å². The summed E-state index contributed by atoms with van der Waals surface area (Å²) in [5.41, 5.74) is 12.1. The molecule has 0 saturated heterocycles.